The van der Waals surface area contributed by atoms with E-state index in [1.807, 2.05) is 25.1 Å². The highest BCUT2D eigenvalue weighted by Gasteiger charge is 2.25. The number of hydrogen-bond acceptors (Lipinski definition) is 3. The molecule has 0 radical (unpaired) electrons. The van der Waals surface area contributed by atoms with E-state index in [-0.39, 0.29) is 18.6 Å². The number of nitrogens with two attached hydrogens (primary N) is 1. The summed E-state index contributed by atoms with van der Waals surface area (Å²) >= 11 is 0. The summed E-state index contributed by atoms with van der Waals surface area (Å²) < 4.78 is 5.57. The fourth-order valence-corrected chi connectivity index (χ4v) is 2.88. The number of rotatable bonds is 5. The van der Waals surface area contributed by atoms with Gasteiger partial charge < -0.3 is 15.8 Å². The maximum atomic E-state index is 12.0. The van der Waals surface area contributed by atoms with Crippen LogP contribution in [0.1, 0.15) is 36.8 Å². The zero-order valence-corrected chi connectivity index (χ0v) is 13.0. The van der Waals surface area contributed by atoms with Crippen molar-refractivity contribution in [3.63, 3.8) is 0 Å². The van der Waals surface area contributed by atoms with Crippen molar-refractivity contribution < 1.29 is 9.53 Å². The lowest BCUT2D eigenvalue weighted by molar-refractivity contribution is -0.124. The van der Waals surface area contributed by atoms with Crippen LogP contribution < -0.4 is 15.8 Å². The predicted octanol–water partition coefficient (Wildman–Crippen LogP) is 2.32. The normalized spacial score (nSPS) is 21.9. The molecular weight excluding hydrogens is 264 g/mol. The summed E-state index contributed by atoms with van der Waals surface area (Å²) in [6, 6.07) is 6.08. The van der Waals surface area contributed by atoms with Crippen molar-refractivity contribution >= 4 is 5.91 Å². The van der Waals surface area contributed by atoms with E-state index < -0.39 is 0 Å². The Kier molecular flexibility index (Phi) is 5.62. The SMILES string of the molecule is Cc1ccc(OCC(=O)NC2CCCCC2CN)cc1C. The van der Waals surface area contributed by atoms with Gasteiger partial charge in [0.25, 0.3) is 5.91 Å². The number of nitrogens with one attached hydrogen (secondary N) is 1. The van der Waals surface area contributed by atoms with Crippen LogP contribution in [-0.4, -0.2) is 25.1 Å². The van der Waals surface area contributed by atoms with Crippen molar-refractivity contribution in [3.8, 4) is 5.75 Å². The van der Waals surface area contributed by atoms with Crippen LogP contribution in [0.5, 0.6) is 5.75 Å². The number of carbonyl (C=O) groups is 1. The minimum atomic E-state index is -0.0569. The Morgan fingerprint density at radius 2 is 2.05 bits per heavy atom. The van der Waals surface area contributed by atoms with Crippen LogP contribution in [0.2, 0.25) is 0 Å². The van der Waals surface area contributed by atoms with Gasteiger partial charge in [0.1, 0.15) is 5.75 Å². The smallest absolute Gasteiger partial charge is 0.258 e. The van der Waals surface area contributed by atoms with Gasteiger partial charge in [-0.2, -0.15) is 0 Å². The molecule has 1 amide bonds. The van der Waals surface area contributed by atoms with Gasteiger partial charge in [0.05, 0.1) is 0 Å². The molecule has 1 aliphatic rings. The molecule has 1 saturated carbocycles. The van der Waals surface area contributed by atoms with Gasteiger partial charge >= 0.3 is 0 Å². The fraction of sp³-hybridized carbons (Fsp3) is 0.588. The number of benzene rings is 1. The first-order valence-corrected chi connectivity index (χ1v) is 7.79. The minimum absolute atomic E-state index is 0.0569. The summed E-state index contributed by atoms with van der Waals surface area (Å²) in [5, 5.41) is 3.07. The first-order valence-electron chi connectivity index (χ1n) is 7.79. The first kappa shape index (κ1) is 15.8. The molecule has 116 valence electrons. The molecular formula is C17H26N2O2. The Morgan fingerprint density at radius 3 is 2.76 bits per heavy atom. The van der Waals surface area contributed by atoms with Gasteiger partial charge in [-0.1, -0.05) is 18.9 Å². The lowest BCUT2D eigenvalue weighted by atomic mass is 9.84. The summed E-state index contributed by atoms with van der Waals surface area (Å²) in [5.41, 5.74) is 8.17. The third-order valence-electron chi connectivity index (χ3n) is 4.41. The first-order chi connectivity index (χ1) is 10.1. The number of amides is 1. The summed E-state index contributed by atoms with van der Waals surface area (Å²) in [7, 11) is 0. The quantitative estimate of drug-likeness (QED) is 0.874. The third kappa shape index (κ3) is 4.46. The molecule has 1 aliphatic carbocycles. The Morgan fingerprint density at radius 1 is 1.29 bits per heavy atom. The van der Waals surface area contributed by atoms with E-state index in [1.165, 1.54) is 24.0 Å². The van der Waals surface area contributed by atoms with Gasteiger partial charge in [0, 0.05) is 6.04 Å². The number of aryl methyl sites for hydroxylation is 2. The molecule has 21 heavy (non-hydrogen) atoms. The van der Waals surface area contributed by atoms with Crippen molar-refractivity contribution in [2.75, 3.05) is 13.2 Å². The second-order valence-electron chi connectivity index (χ2n) is 5.99. The van der Waals surface area contributed by atoms with Gasteiger partial charge in [-0.15, -0.1) is 0 Å². The monoisotopic (exact) mass is 290 g/mol. The molecule has 0 bridgehead atoms. The van der Waals surface area contributed by atoms with Crippen LogP contribution >= 0.6 is 0 Å². The van der Waals surface area contributed by atoms with E-state index in [1.54, 1.807) is 0 Å². The van der Waals surface area contributed by atoms with Crippen LogP contribution in [0.4, 0.5) is 0 Å². The van der Waals surface area contributed by atoms with Crippen molar-refractivity contribution in [1.29, 1.82) is 0 Å². The average molecular weight is 290 g/mol. The second kappa shape index (κ2) is 7.46. The van der Waals surface area contributed by atoms with Crippen LogP contribution in [0.25, 0.3) is 0 Å². The van der Waals surface area contributed by atoms with E-state index in [0.717, 1.165) is 18.6 Å². The fourth-order valence-electron chi connectivity index (χ4n) is 2.88. The van der Waals surface area contributed by atoms with Crippen LogP contribution in [0.3, 0.4) is 0 Å². The molecule has 2 atom stereocenters. The molecule has 0 saturated heterocycles. The standard InChI is InChI=1S/C17H26N2O2/c1-12-7-8-15(9-13(12)2)21-11-17(20)19-16-6-4-3-5-14(16)10-18/h7-9,14,16H,3-6,10-11,18H2,1-2H3,(H,19,20). The Labute approximate surface area is 127 Å². The molecule has 0 aliphatic heterocycles. The van der Waals surface area contributed by atoms with Gasteiger partial charge in [-0.05, 0) is 62.4 Å². The highest BCUT2D eigenvalue weighted by atomic mass is 16.5. The topological polar surface area (TPSA) is 64.3 Å². The van der Waals surface area contributed by atoms with E-state index in [0.29, 0.717) is 12.5 Å². The van der Waals surface area contributed by atoms with Crippen LogP contribution in [0, 0.1) is 19.8 Å². The third-order valence-corrected chi connectivity index (χ3v) is 4.41. The minimum Gasteiger partial charge on any atom is -0.484 e. The van der Waals surface area contributed by atoms with Gasteiger partial charge in [0.15, 0.2) is 6.61 Å². The summed E-state index contributed by atoms with van der Waals surface area (Å²) in [6.45, 7) is 4.80. The summed E-state index contributed by atoms with van der Waals surface area (Å²) in [5.74, 6) is 1.09. The van der Waals surface area contributed by atoms with Crippen molar-refractivity contribution in [2.45, 2.75) is 45.6 Å². The average Bonchev–Trinajstić information content (AvgIpc) is 2.49. The second-order valence-corrected chi connectivity index (χ2v) is 5.99. The predicted molar refractivity (Wildman–Crippen MR) is 84.4 cm³/mol. The molecule has 1 aromatic rings. The molecule has 0 aromatic heterocycles. The van der Waals surface area contributed by atoms with Gasteiger partial charge in [-0.3, -0.25) is 4.79 Å². The molecule has 4 heteroatoms. The molecule has 2 rings (SSSR count). The number of ether oxygens (including phenoxy) is 1. The Balaban J connectivity index is 1.82. The lowest BCUT2D eigenvalue weighted by Gasteiger charge is -2.31. The summed E-state index contributed by atoms with van der Waals surface area (Å²) in [6.07, 6.45) is 4.52. The van der Waals surface area contributed by atoms with Crippen molar-refractivity contribution in [1.82, 2.24) is 5.32 Å². The van der Waals surface area contributed by atoms with Gasteiger partial charge in [0.2, 0.25) is 0 Å². The molecule has 2 unspecified atom stereocenters. The Bertz CT molecular complexity index is 488. The van der Waals surface area contributed by atoms with Crippen molar-refractivity contribution in [2.24, 2.45) is 11.7 Å². The maximum absolute atomic E-state index is 12.0. The lowest BCUT2D eigenvalue weighted by Crippen LogP contribution is -2.46. The highest BCUT2D eigenvalue weighted by Crippen LogP contribution is 2.23. The number of hydrogen-bond donors (Lipinski definition) is 2. The summed E-state index contributed by atoms with van der Waals surface area (Å²) in [4.78, 5) is 12.0. The van der Waals surface area contributed by atoms with Crippen LogP contribution in [0.15, 0.2) is 18.2 Å². The largest absolute Gasteiger partial charge is 0.484 e. The van der Waals surface area contributed by atoms with Crippen LogP contribution in [-0.2, 0) is 4.79 Å². The van der Waals surface area contributed by atoms with Crippen molar-refractivity contribution in [3.05, 3.63) is 29.3 Å². The molecule has 1 fully saturated rings. The molecule has 0 spiro atoms. The van der Waals surface area contributed by atoms with Gasteiger partial charge in [-0.25, -0.2) is 0 Å². The Hall–Kier alpha value is -1.55. The van der Waals surface area contributed by atoms with E-state index in [4.69, 9.17) is 10.5 Å². The molecule has 0 heterocycles. The zero-order valence-electron chi connectivity index (χ0n) is 13.0. The zero-order chi connectivity index (χ0) is 15.2. The molecule has 4 nitrogen and oxygen atoms in total. The van der Waals surface area contributed by atoms with E-state index in [2.05, 4.69) is 12.2 Å². The molecule has 1 aromatic carbocycles. The number of carbonyl (C=O) groups excluding carboxylic acids is 1. The van der Waals surface area contributed by atoms with E-state index >= 15 is 0 Å². The highest BCUT2D eigenvalue weighted by molar-refractivity contribution is 5.77. The maximum Gasteiger partial charge on any atom is 0.258 e. The van der Waals surface area contributed by atoms with E-state index in [9.17, 15) is 4.79 Å². The molecule has 3 N–H and O–H groups in total.